The van der Waals surface area contributed by atoms with Gasteiger partial charge in [0.25, 0.3) is 0 Å². The van der Waals surface area contributed by atoms with Crippen molar-refractivity contribution in [3.05, 3.63) is 46.7 Å². The van der Waals surface area contributed by atoms with E-state index in [0.717, 1.165) is 5.56 Å². The lowest BCUT2D eigenvalue weighted by molar-refractivity contribution is -0.119. The van der Waals surface area contributed by atoms with E-state index in [1.54, 1.807) is 26.1 Å². The number of esters is 1. The van der Waals surface area contributed by atoms with Crippen LogP contribution in [0.5, 0.6) is 0 Å². The Bertz CT molecular complexity index is 1080. The van der Waals surface area contributed by atoms with Crippen molar-refractivity contribution in [1.29, 1.82) is 0 Å². The first-order valence-corrected chi connectivity index (χ1v) is 11.4. The number of aryl methyl sites for hydroxylation is 2. The molecule has 0 unspecified atom stereocenters. The van der Waals surface area contributed by atoms with Gasteiger partial charge in [0.1, 0.15) is 16.6 Å². The first kappa shape index (κ1) is 22.3. The smallest absolute Gasteiger partial charge is 0.354 e. The number of anilines is 1. The molecule has 1 fully saturated rings. The van der Waals surface area contributed by atoms with Crippen molar-refractivity contribution >= 4 is 39.2 Å². The highest BCUT2D eigenvalue weighted by atomic mass is 35.5. The molecule has 0 saturated carbocycles. The van der Waals surface area contributed by atoms with Gasteiger partial charge in [-0.2, -0.15) is 4.31 Å². The Balaban J connectivity index is 1.84. The molecule has 3 rings (SSSR count). The maximum absolute atomic E-state index is 13.2. The molecule has 1 N–H and O–H groups in total. The monoisotopic (exact) mass is 453 g/mol. The van der Waals surface area contributed by atoms with Crippen molar-refractivity contribution in [2.24, 2.45) is 7.05 Å². The fraction of sp³-hybridized carbons (Fsp3) is 0.400. The highest BCUT2D eigenvalue weighted by Gasteiger charge is 2.40. The van der Waals surface area contributed by atoms with Crippen molar-refractivity contribution in [3.63, 3.8) is 0 Å². The number of hydrogen-bond acceptors (Lipinski definition) is 5. The Morgan fingerprint density at radius 1 is 1.30 bits per heavy atom. The third kappa shape index (κ3) is 4.38. The molecule has 2 heterocycles. The van der Waals surface area contributed by atoms with Crippen LogP contribution < -0.4 is 5.32 Å². The number of rotatable bonds is 6. The number of amides is 1. The second-order valence-electron chi connectivity index (χ2n) is 7.14. The summed E-state index contributed by atoms with van der Waals surface area (Å²) in [5.74, 6) is -1.05. The van der Waals surface area contributed by atoms with Gasteiger partial charge in [0.2, 0.25) is 15.9 Å². The summed E-state index contributed by atoms with van der Waals surface area (Å²) < 4.78 is 34.0. The summed E-state index contributed by atoms with van der Waals surface area (Å²) in [6.07, 6.45) is 2.30. The Morgan fingerprint density at radius 2 is 2.03 bits per heavy atom. The zero-order valence-corrected chi connectivity index (χ0v) is 18.6. The quantitative estimate of drug-likeness (QED) is 0.678. The predicted molar refractivity (Wildman–Crippen MR) is 113 cm³/mol. The second-order valence-corrected chi connectivity index (χ2v) is 9.44. The van der Waals surface area contributed by atoms with Gasteiger partial charge in [-0.05, 0) is 50.5 Å². The molecule has 1 aromatic carbocycles. The molecule has 0 radical (unpaired) electrons. The van der Waals surface area contributed by atoms with Crippen LogP contribution in [-0.4, -0.2) is 48.4 Å². The van der Waals surface area contributed by atoms with E-state index in [-0.39, 0.29) is 23.7 Å². The number of sulfonamides is 1. The Kier molecular flexibility index (Phi) is 6.54. The van der Waals surface area contributed by atoms with Crippen LogP contribution in [0, 0.1) is 6.92 Å². The minimum Gasteiger partial charge on any atom is -0.461 e. The van der Waals surface area contributed by atoms with Crippen LogP contribution >= 0.6 is 11.6 Å². The van der Waals surface area contributed by atoms with Crippen LogP contribution in [-0.2, 0) is 26.6 Å². The minimum absolute atomic E-state index is 0.0545. The minimum atomic E-state index is -3.98. The van der Waals surface area contributed by atoms with Crippen molar-refractivity contribution < 1.29 is 22.7 Å². The molecule has 1 amide bonds. The maximum atomic E-state index is 13.2. The van der Waals surface area contributed by atoms with E-state index < -0.39 is 27.9 Å². The van der Waals surface area contributed by atoms with E-state index in [0.29, 0.717) is 23.6 Å². The molecule has 10 heteroatoms. The Hall–Kier alpha value is -2.36. The predicted octanol–water partition coefficient (Wildman–Crippen LogP) is 2.96. The molecule has 0 bridgehead atoms. The molecule has 1 aliphatic heterocycles. The second kappa shape index (κ2) is 8.79. The van der Waals surface area contributed by atoms with Crippen LogP contribution in [0.3, 0.4) is 0 Å². The van der Waals surface area contributed by atoms with E-state index in [1.165, 1.54) is 21.1 Å². The van der Waals surface area contributed by atoms with Crippen LogP contribution in [0.1, 0.15) is 35.8 Å². The number of benzene rings is 1. The number of nitrogens with one attached hydrogen (secondary N) is 1. The number of carbonyl (C=O) groups is 2. The molecule has 1 aromatic heterocycles. The zero-order chi connectivity index (χ0) is 22.1. The van der Waals surface area contributed by atoms with Crippen molar-refractivity contribution in [3.8, 4) is 0 Å². The lowest BCUT2D eigenvalue weighted by Gasteiger charge is -2.23. The number of aromatic nitrogens is 1. The van der Waals surface area contributed by atoms with Gasteiger partial charge in [-0.15, -0.1) is 0 Å². The van der Waals surface area contributed by atoms with E-state index >= 15 is 0 Å². The van der Waals surface area contributed by atoms with Gasteiger partial charge in [-0.25, -0.2) is 13.2 Å². The number of carbonyl (C=O) groups excluding carboxylic acids is 2. The molecule has 2 aromatic rings. The van der Waals surface area contributed by atoms with Crippen molar-refractivity contribution in [2.75, 3.05) is 18.5 Å². The lowest BCUT2D eigenvalue weighted by atomic mass is 10.2. The fourth-order valence-electron chi connectivity index (χ4n) is 3.45. The SMILES string of the molecule is CCOC(=O)c1cc(S(=O)(=O)N2CCC[C@H]2C(=O)Nc2ccc(C)cc2Cl)cn1C. The molecule has 0 spiro atoms. The third-order valence-corrected chi connectivity index (χ3v) is 7.15. The van der Waals surface area contributed by atoms with Crippen LogP contribution in [0.15, 0.2) is 35.4 Å². The third-order valence-electron chi connectivity index (χ3n) is 4.96. The van der Waals surface area contributed by atoms with E-state index in [1.807, 2.05) is 13.0 Å². The maximum Gasteiger partial charge on any atom is 0.354 e. The first-order valence-electron chi connectivity index (χ1n) is 9.57. The van der Waals surface area contributed by atoms with Crippen LogP contribution in [0.2, 0.25) is 5.02 Å². The number of ether oxygens (including phenoxy) is 1. The molecule has 1 atom stereocenters. The molecule has 162 valence electrons. The van der Waals surface area contributed by atoms with Gasteiger partial charge in [-0.1, -0.05) is 17.7 Å². The number of halogens is 1. The molecule has 8 nitrogen and oxygen atoms in total. The zero-order valence-electron chi connectivity index (χ0n) is 17.0. The summed E-state index contributed by atoms with van der Waals surface area (Å²) >= 11 is 6.18. The Morgan fingerprint density at radius 3 is 2.70 bits per heavy atom. The van der Waals surface area contributed by atoms with Crippen molar-refractivity contribution in [2.45, 2.75) is 37.6 Å². The Labute approximate surface area is 180 Å². The summed E-state index contributed by atoms with van der Waals surface area (Å²) in [7, 11) is -2.41. The molecule has 1 saturated heterocycles. The van der Waals surface area contributed by atoms with Gasteiger partial charge < -0.3 is 14.6 Å². The first-order chi connectivity index (χ1) is 14.1. The molecule has 30 heavy (non-hydrogen) atoms. The normalized spacial score (nSPS) is 17.1. The van der Waals surface area contributed by atoms with Gasteiger partial charge in [0.15, 0.2) is 0 Å². The number of hydrogen-bond donors (Lipinski definition) is 1. The van der Waals surface area contributed by atoms with E-state index in [4.69, 9.17) is 16.3 Å². The average Bonchev–Trinajstić information content (AvgIpc) is 3.32. The van der Waals surface area contributed by atoms with Crippen LogP contribution in [0.25, 0.3) is 0 Å². The average molecular weight is 454 g/mol. The largest absolute Gasteiger partial charge is 0.461 e. The highest BCUT2D eigenvalue weighted by molar-refractivity contribution is 7.89. The lowest BCUT2D eigenvalue weighted by Crippen LogP contribution is -2.43. The molecular formula is C20H24ClN3O5S. The van der Waals surface area contributed by atoms with Gasteiger partial charge in [0.05, 0.1) is 17.3 Å². The summed E-state index contributed by atoms with van der Waals surface area (Å²) in [5.41, 5.74) is 1.51. The van der Waals surface area contributed by atoms with Crippen LogP contribution in [0.4, 0.5) is 5.69 Å². The van der Waals surface area contributed by atoms with Gasteiger partial charge in [0, 0.05) is 19.8 Å². The number of nitrogens with zero attached hydrogens (tertiary/aromatic N) is 2. The van der Waals surface area contributed by atoms with E-state index in [9.17, 15) is 18.0 Å². The topological polar surface area (TPSA) is 97.7 Å². The summed E-state index contributed by atoms with van der Waals surface area (Å²) in [5, 5.41) is 3.12. The summed E-state index contributed by atoms with van der Waals surface area (Å²) in [4.78, 5) is 24.8. The van der Waals surface area contributed by atoms with Gasteiger partial charge >= 0.3 is 5.97 Å². The van der Waals surface area contributed by atoms with Crippen molar-refractivity contribution in [1.82, 2.24) is 8.87 Å². The molecule has 1 aliphatic rings. The molecule has 0 aliphatic carbocycles. The molecular weight excluding hydrogens is 430 g/mol. The summed E-state index contributed by atoms with van der Waals surface area (Å²) in [6.45, 7) is 3.95. The van der Waals surface area contributed by atoms with E-state index in [2.05, 4.69) is 5.32 Å². The fourth-order valence-corrected chi connectivity index (χ4v) is 5.46. The highest BCUT2D eigenvalue weighted by Crippen LogP contribution is 2.29. The summed E-state index contributed by atoms with van der Waals surface area (Å²) in [6, 6.07) is 5.63. The standard InChI is InChI=1S/C20H24ClN3O5S/c1-4-29-20(26)18-11-14(12-23(18)3)30(27,28)24-9-5-6-17(24)19(25)22-16-8-7-13(2)10-15(16)21/h7-8,10-12,17H,4-6,9H2,1-3H3,(H,22,25)/t17-/m0/s1. The van der Waals surface area contributed by atoms with Gasteiger partial charge in [-0.3, -0.25) is 4.79 Å².